The standard InChI is InChI=1S/C63H53FN3O.Ir/c1-41(2)55-36-59(47-15-8-5-9-16-47)66-39-50(55)28-25-45-33-44(34-46(35-45)26-29-51-40-67-60(37-56(51)42(3)4)48-17-10-6-11-18-48)24-23-43-27-32-58(65-38-43)54-22-14-21-52-53-30-31-57(64)61(63(53)68-62(52)54)49-19-12-7-13-20-49;/h5-15,17,19-21,27,30-42H,23-26,28-29H2,1-4H3;/q-3;+3/i23D2,24D2,25D2,26D2,28D2,29D2,31D,41D,42D;. The Morgan fingerprint density at radius 2 is 1.09 bits per heavy atom. The van der Waals surface area contributed by atoms with E-state index in [9.17, 15) is 16.4 Å². The molecule has 0 aliphatic rings. The van der Waals surface area contributed by atoms with Crippen LogP contribution in [0.1, 0.15) is 105 Å². The fourth-order valence-electron chi connectivity index (χ4n) is 7.99. The molecule has 4 heterocycles. The summed E-state index contributed by atoms with van der Waals surface area (Å²) in [7, 11) is 0. The third-order valence-corrected chi connectivity index (χ3v) is 11.4. The van der Waals surface area contributed by atoms with E-state index in [1.54, 1.807) is 91.0 Å². The van der Waals surface area contributed by atoms with Crippen molar-refractivity contribution in [2.24, 2.45) is 0 Å². The molecule has 10 aromatic rings. The maximum absolute atomic E-state index is 15.8. The van der Waals surface area contributed by atoms with Gasteiger partial charge in [0.25, 0.3) is 0 Å². The van der Waals surface area contributed by atoms with Gasteiger partial charge in [0, 0.05) is 43.2 Å². The predicted molar refractivity (Wildman–Crippen MR) is 275 cm³/mol. The molecule has 0 aliphatic heterocycles. The van der Waals surface area contributed by atoms with Gasteiger partial charge in [0.1, 0.15) is 11.4 Å². The summed E-state index contributed by atoms with van der Waals surface area (Å²) in [6.45, 7) is 5.96. The van der Waals surface area contributed by atoms with Crippen molar-refractivity contribution in [1.29, 1.82) is 0 Å². The van der Waals surface area contributed by atoms with Gasteiger partial charge in [0.2, 0.25) is 0 Å². The summed E-state index contributed by atoms with van der Waals surface area (Å²) in [6.07, 6.45) is -15.9. The molecule has 6 heteroatoms. The molecule has 4 aromatic heterocycles. The van der Waals surface area contributed by atoms with Crippen molar-refractivity contribution in [3.63, 3.8) is 0 Å². The van der Waals surface area contributed by atoms with Crippen LogP contribution in [0.4, 0.5) is 4.39 Å². The van der Waals surface area contributed by atoms with Gasteiger partial charge >= 0.3 is 20.1 Å². The Morgan fingerprint density at radius 3 is 1.62 bits per heavy atom. The molecule has 10 rings (SSSR count). The second kappa shape index (κ2) is 21.2. The first-order valence-corrected chi connectivity index (χ1v) is 22.0. The van der Waals surface area contributed by atoms with Crippen LogP contribution >= 0.6 is 0 Å². The maximum Gasteiger partial charge on any atom is 3.00 e. The number of furan rings is 1. The van der Waals surface area contributed by atoms with Crippen LogP contribution in [0.25, 0.3) is 66.8 Å². The maximum atomic E-state index is 15.8. The second-order valence-electron chi connectivity index (χ2n) is 16.5. The van der Waals surface area contributed by atoms with Crippen molar-refractivity contribution >= 4 is 21.9 Å². The molecule has 69 heavy (non-hydrogen) atoms. The summed E-state index contributed by atoms with van der Waals surface area (Å²) in [5, 5.41) is 0.964. The number of fused-ring (bicyclic) bond motifs is 3. The second-order valence-corrected chi connectivity index (χ2v) is 16.5. The van der Waals surface area contributed by atoms with Gasteiger partial charge in [-0.2, -0.15) is 0 Å². The van der Waals surface area contributed by atoms with E-state index in [4.69, 9.17) is 8.53 Å². The molecule has 0 unspecified atom stereocenters. The Bertz CT molecular complexity index is 3950. The third-order valence-electron chi connectivity index (χ3n) is 11.4. The monoisotopic (exact) mass is 1090 g/mol. The smallest absolute Gasteiger partial charge is 0.500 e. The SMILES string of the molecule is [2H]c1cc2c(oc3c(-c4ccc(C([2H])([2H])C([2H])([2H])c5cc(C([2H])([2H])C([2H])([2H])c6cnc(-c7[c-]cccc7)cc6C([2H])(C)C)cc(C([2H])([2H])C([2H])([2H])c6cnc(-c7[c-]cccc7)cc6C([2H])(C)C)c5)cn4)[c-]ccc32)c(-c2ccccc2)c1F.[Ir+3]. The minimum atomic E-state index is -3.29. The number of halogens is 1. The molecular formula is C63H53FIrN3O. The molecule has 0 amide bonds. The van der Waals surface area contributed by atoms with Gasteiger partial charge in [-0.25, -0.2) is 4.39 Å². The average molecular weight is 1090 g/mol. The first-order chi connectivity index (χ1) is 38.8. The van der Waals surface area contributed by atoms with Crippen molar-refractivity contribution in [2.75, 3.05) is 0 Å². The summed E-state index contributed by atoms with van der Waals surface area (Å²) < 4.78 is 165. The molecule has 0 saturated heterocycles. The van der Waals surface area contributed by atoms with Gasteiger partial charge in [0.05, 0.1) is 12.5 Å². The van der Waals surface area contributed by atoms with Gasteiger partial charge in [-0.05, 0) is 129 Å². The summed E-state index contributed by atoms with van der Waals surface area (Å²) in [5.41, 5.74) is 0.0389. The molecule has 0 atom stereocenters. The van der Waals surface area contributed by atoms with Crippen molar-refractivity contribution < 1.29 is 49.5 Å². The zero-order valence-electron chi connectivity index (χ0n) is 53.0. The molecule has 4 nitrogen and oxygen atoms in total. The normalized spacial score (nSPS) is 16.2. The number of aryl methyl sites for hydroxylation is 6. The first-order valence-electron chi connectivity index (χ1n) is 29.5. The van der Waals surface area contributed by atoms with Gasteiger partial charge in [-0.15, -0.1) is 90.0 Å². The molecule has 0 aliphatic carbocycles. The predicted octanol–water partition coefficient (Wildman–Crippen LogP) is 15.6. The van der Waals surface area contributed by atoms with Crippen LogP contribution in [-0.4, -0.2) is 15.0 Å². The zero-order chi connectivity index (χ0) is 60.0. The van der Waals surface area contributed by atoms with E-state index in [1.165, 1.54) is 58.0 Å². The third kappa shape index (κ3) is 10.4. The minimum absolute atomic E-state index is 0. The fourth-order valence-corrected chi connectivity index (χ4v) is 7.99. The number of nitrogens with zero attached hydrogens (tertiary/aromatic N) is 3. The van der Waals surface area contributed by atoms with Crippen LogP contribution in [0.3, 0.4) is 0 Å². The van der Waals surface area contributed by atoms with Crippen molar-refractivity contribution in [1.82, 2.24) is 15.0 Å². The Labute approximate surface area is 440 Å². The minimum Gasteiger partial charge on any atom is -0.500 e. The van der Waals surface area contributed by atoms with Crippen LogP contribution in [0.5, 0.6) is 0 Å². The number of benzene rings is 6. The van der Waals surface area contributed by atoms with Gasteiger partial charge in [-0.1, -0.05) is 111 Å². The topological polar surface area (TPSA) is 51.8 Å². The number of pyridine rings is 3. The van der Waals surface area contributed by atoms with E-state index in [2.05, 4.69) is 33.2 Å². The van der Waals surface area contributed by atoms with Gasteiger partial charge in [-0.3, -0.25) is 0 Å². The Hall–Kier alpha value is -6.85. The zero-order valence-corrected chi connectivity index (χ0v) is 40.4. The van der Waals surface area contributed by atoms with Crippen molar-refractivity contribution in [3.8, 4) is 44.9 Å². The number of hydrogen-bond donors (Lipinski definition) is 0. The quantitative estimate of drug-likeness (QED) is 0.0960. The van der Waals surface area contributed by atoms with E-state index in [0.29, 0.717) is 38.9 Å². The van der Waals surface area contributed by atoms with Gasteiger partial charge < -0.3 is 19.4 Å². The molecule has 6 aromatic carbocycles. The number of rotatable bonds is 15. The fraction of sp³-hybridized carbons (Fsp3) is 0.190. The Morgan fingerprint density at radius 1 is 0.551 bits per heavy atom. The van der Waals surface area contributed by atoms with E-state index >= 15 is 4.39 Å². The molecule has 0 saturated carbocycles. The van der Waals surface area contributed by atoms with E-state index in [1.807, 2.05) is 0 Å². The van der Waals surface area contributed by atoms with Crippen molar-refractivity contribution in [2.45, 2.75) is 77.7 Å². The van der Waals surface area contributed by atoms with Crippen molar-refractivity contribution in [3.05, 3.63) is 233 Å². The largest absolute Gasteiger partial charge is 3.00 e. The first kappa shape index (κ1) is 32.1. The van der Waals surface area contributed by atoms with Crippen LogP contribution in [-0.2, 0) is 58.3 Å². The molecule has 0 bridgehead atoms. The number of aromatic nitrogens is 3. The molecule has 342 valence electrons. The summed E-state index contributed by atoms with van der Waals surface area (Å²) >= 11 is 0. The summed E-state index contributed by atoms with van der Waals surface area (Å²) in [5.74, 6) is -3.92. The van der Waals surface area contributed by atoms with Crippen LogP contribution < -0.4 is 0 Å². The summed E-state index contributed by atoms with van der Waals surface area (Å²) in [6, 6.07) is 44.2. The van der Waals surface area contributed by atoms with Crippen LogP contribution in [0, 0.1) is 24.0 Å². The van der Waals surface area contributed by atoms with Crippen LogP contribution in [0.2, 0.25) is 0 Å². The van der Waals surface area contributed by atoms with Gasteiger partial charge in [0.15, 0.2) is 0 Å². The molecule has 0 fully saturated rings. The molecule has 0 N–H and O–H groups in total. The van der Waals surface area contributed by atoms with Crippen LogP contribution in [0.15, 0.2) is 169 Å². The molecule has 0 spiro atoms. The number of hydrogen-bond acceptors (Lipinski definition) is 4. The van der Waals surface area contributed by atoms with E-state index in [0.717, 1.165) is 36.8 Å². The molecular weight excluding hydrogens is 1030 g/mol. The average Bonchev–Trinajstić information content (AvgIpc) is 1.11. The Balaban J connectivity index is 0.00000846. The Kier molecular flexibility index (Phi) is 9.85. The summed E-state index contributed by atoms with van der Waals surface area (Å²) in [4.78, 5) is 13.5. The molecule has 0 radical (unpaired) electrons. The van der Waals surface area contributed by atoms with E-state index in [-0.39, 0.29) is 82.0 Å². The van der Waals surface area contributed by atoms with E-state index < -0.39 is 72.5 Å².